The molecular formula is C25H35N5OS. The van der Waals surface area contributed by atoms with Crippen LogP contribution in [0.25, 0.3) is 0 Å². The minimum Gasteiger partial charge on any atom is -0.481 e. The normalized spacial score (nSPS) is 18.5. The molecule has 2 heterocycles. The second-order valence-electron chi connectivity index (χ2n) is 9.01. The Bertz CT molecular complexity index is 877. The molecule has 6 nitrogen and oxygen atoms in total. The Morgan fingerprint density at radius 2 is 1.69 bits per heavy atom. The summed E-state index contributed by atoms with van der Waals surface area (Å²) in [5, 5.41) is 7.24. The van der Waals surface area contributed by atoms with Gasteiger partial charge < -0.3 is 20.3 Å². The zero-order valence-electron chi connectivity index (χ0n) is 19.1. The van der Waals surface area contributed by atoms with Gasteiger partial charge in [-0.1, -0.05) is 62.4 Å². The lowest BCUT2D eigenvalue weighted by atomic mass is 9.69. The van der Waals surface area contributed by atoms with Gasteiger partial charge in [0, 0.05) is 31.1 Å². The van der Waals surface area contributed by atoms with Gasteiger partial charge in [0.25, 0.3) is 0 Å². The first-order valence-corrected chi connectivity index (χ1v) is 12.4. The fourth-order valence-corrected chi connectivity index (χ4v) is 5.18. The monoisotopic (exact) mass is 453 g/mol. The van der Waals surface area contributed by atoms with Crippen LogP contribution in [-0.2, 0) is 5.41 Å². The van der Waals surface area contributed by atoms with Crippen molar-refractivity contribution in [2.24, 2.45) is 0 Å². The van der Waals surface area contributed by atoms with E-state index in [1.165, 1.54) is 63.4 Å². The quantitative estimate of drug-likeness (QED) is 0.593. The smallest absolute Gasteiger partial charge is 0.234 e. The first kappa shape index (κ1) is 22.8. The van der Waals surface area contributed by atoms with Gasteiger partial charge in [0.05, 0.1) is 7.11 Å². The Labute approximate surface area is 197 Å². The van der Waals surface area contributed by atoms with E-state index in [9.17, 15) is 0 Å². The number of hydrogen-bond donors (Lipinski definition) is 2. The molecule has 2 fully saturated rings. The number of anilines is 2. The fraction of sp³-hybridized carbons (Fsp3) is 0.560. The van der Waals surface area contributed by atoms with Gasteiger partial charge in [0.15, 0.2) is 5.11 Å². The van der Waals surface area contributed by atoms with Crippen molar-refractivity contribution in [2.45, 2.75) is 63.2 Å². The summed E-state index contributed by atoms with van der Waals surface area (Å²) in [5.41, 5.74) is 1.52. The van der Waals surface area contributed by atoms with Gasteiger partial charge in [-0.25, -0.2) is 0 Å². The van der Waals surface area contributed by atoms with E-state index in [0.29, 0.717) is 16.9 Å². The Balaban J connectivity index is 1.44. The zero-order chi connectivity index (χ0) is 22.2. The number of nitrogens with one attached hydrogen (secondary N) is 2. The van der Waals surface area contributed by atoms with Crippen LogP contribution in [0.2, 0.25) is 0 Å². The van der Waals surface area contributed by atoms with Crippen molar-refractivity contribution in [3.8, 4) is 5.88 Å². The average Bonchev–Trinajstić information content (AvgIpc) is 3.13. The van der Waals surface area contributed by atoms with Crippen LogP contribution in [0.15, 0.2) is 36.4 Å². The molecule has 1 aliphatic carbocycles. The number of hydrogen-bond acceptors (Lipinski definition) is 5. The molecule has 7 heteroatoms. The van der Waals surface area contributed by atoms with E-state index >= 15 is 0 Å². The van der Waals surface area contributed by atoms with Crippen LogP contribution in [0.4, 0.5) is 11.8 Å². The summed E-state index contributed by atoms with van der Waals surface area (Å²) in [6.45, 7) is 2.84. The van der Waals surface area contributed by atoms with Crippen molar-refractivity contribution in [1.29, 1.82) is 0 Å². The fourth-order valence-electron chi connectivity index (χ4n) is 5.02. The number of aromatic nitrogens is 2. The molecule has 2 aliphatic rings. The van der Waals surface area contributed by atoms with Crippen molar-refractivity contribution in [1.82, 2.24) is 15.3 Å². The Morgan fingerprint density at radius 3 is 2.38 bits per heavy atom. The molecule has 2 N–H and O–H groups in total. The third kappa shape index (κ3) is 5.68. The standard InChI is InChI=1S/C25H35N5OS/c1-31-22-18-21(30-16-10-2-3-11-17-30)27-23(28-22)29-24(32)26-19-25(14-8-5-9-15-25)20-12-6-4-7-13-20/h4,6-7,12-13,18H,2-3,5,8-11,14-17,19H2,1H3,(H2,26,27,28,29,32). The summed E-state index contributed by atoms with van der Waals surface area (Å²) in [6, 6.07) is 12.8. The van der Waals surface area contributed by atoms with Crippen molar-refractivity contribution in [2.75, 3.05) is 37.0 Å². The van der Waals surface area contributed by atoms with Gasteiger partial charge in [0.1, 0.15) is 5.82 Å². The number of benzene rings is 1. The first-order chi connectivity index (χ1) is 15.7. The van der Waals surface area contributed by atoms with Crippen LogP contribution in [-0.4, -0.2) is 41.8 Å². The lowest BCUT2D eigenvalue weighted by Crippen LogP contribution is -2.43. The second kappa shape index (κ2) is 10.9. The summed E-state index contributed by atoms with van der Waals surface area (Å²) in [5.74, 6) is 1.94. The maximum Gasteiger partial charge on any atom is 0.234 e. The third-order valence-corrected chi connectivity index (χ3v) is 7.08. The molecule has 1 aliphatic heterocycles. The van der Waals surface area contributed by atoms with E-state index in [0.717, 1.165) is 25.5 Å². The van der Waals surface area contributed by atoms with Crippen molar-refractivity contribution >= 4 is 29.1 Å². The minimum absolute atomic E-state index is 0.123. The van der Waals surface area contributed by atoms with E-state index in [-0.39, 0.29) is 5.41 Å². The van der Waals surface area contributed by atoms with Crippen molar-refractivity contribution < 1.29 is 4.74 Å². The van der Waals surface area contributed by atoms with E-state index in [2.05, 4.69) is 50.8 Å². The highest BCUT2D eigenvalue weighted by molar-refractivity contribution is 7.80. The Hall–Kier alpha value is -2.41. The third-order valence-electron chi connectivity index (χ3n) is 6.84. The minimum atomic E-state index is 0.123. The summed E-state index contributed by atoms with van der Waals surface area (Å²) in [7, 11) is 1.64. The van der Waals surface area contributed by atoms with Gasteiger partial charge in [-0.3, -0.25) is 0 Å². The van der Waals surface area contributed by atoms with Gasteiger partial charge in [-0.2, -0.15) is 9.97 Å². The topological polar surface area (TPSA) is 62.3 Å². The molecule has 2 aromatic rings. The molecule has 1 aromatic carbocycles. The molecule has 172 valence electrons. The van der Waals surface area contributed by atoms with Crippen LogP contribution < -0.4 is 20.3 Å². The van der Waals surface area contributed by atoms with Crippen molar-refractivity contribution in [3.63, 3.8) is 0 Å². The summed E-state index contributed by atoms with van der Waals surface area (Å²) >= 11 is 5.65. The van der Waals surface area contributed by atoms with Gasteiger partial charge in [-0.15, -0.1) is 0 Å². The van der Waals surface area contributed by atoms with E-state index < -0.39 is 0 Å². The molecule has 1 saturated carbocycles. The Kier molecular flexibility index (Phi) is 7.79. The van der Waals surface area contributed by atoms with E-state index in [4.69, 9.17) is 21.9 Å². The number of methoxy groups -OCH3 is 1. The van der Waals surface area contributed by atoms with Gasteiger partial charge in [-0.05, 0) is 43.5 Å². The summed E-state index contributed by atoms with van der Waals surface area (Å²) < 4.78 is 5.45. The molecule has 0 atom stereocenters. The van der Waals surface area contributed by atoms with Crippen LogP contribution in [0, 0.1) is 0 Å². The first-order valence-electron chi connectivity index (χ1n) is 12.0. The molecule has 0 radical (unpaired) electrons. The van der Waals surface area contributed by atoms with E-state index in [1.54, 1.807) is 7.11 Å². The summed E-state index contributed by atoms with van der Waals surface area (Å²) in [4.78, 5) is 11.6. The lowest BCUT2D eigenvalue weighted by Gasteiger charge is -2.38. The van der Waals surface area contributed by atoms with Crippen LogP contribution in [0.5, 0.6) is 5.88 Å². The molecule has 32 heavy (non-hydrogen) atoms. The molecule has 4 rings (SSSR count). The van der Waals surface area contributed by atoms with Gasteiger partial charge >= 0.3 is 0 Å². The highest BCUT2D eigenvalue weighted by Gasteiger charge is 2.33. The van der Waals surface area contributed by atoms with Crippen LogP contribution in [0.3, 0.4) is 0 Å². The molecule has 1 aromatic heterocycles. The van der Waals surface area contributed by atoms with Crippen LogP contribution in [0.1, 0.15) is 63.4 Å². The lowest BCUT2D eigenvalue weighted by molar-refractivity contribution is 0.292. The largest absolute Gasteiger partial charge is 0.481 e. The molecule has 1 saturated heterocycles. The molecular weight excluding hydrogens is 418 g/mol. The van der Waals surface area contributed by atoms with E-state index in [1.807, 2.05) is 6.07 Å². The second-order valence-corrected chi connectivity index (χ2v) is 9.42. The van der Waals surface area contributed by atoms with Crippen molar-refractivity contribution in [3.05, 3.63) is 42.0 Å². The van der Waals surface area contributed by atoms with Gasteiger partial charge in [0.2, 0.25) is 11.8 Å². The SMILES string of the molecule is COc1cc(N2CCCCCC2)nc(NC(=S)NCC2(c3ccccc3)CCCCC2)n1. The number of thiocarbonyl (C=S) groups is 1. The Morgan fingerprint density at radius 1 is 1.00 bits per heavy atom. The number of nitrogens with zero attached hydrogens (tertiary/aromatic N) is 3. The molecule has 0 bridgehead atoms. The number of rotatable bonds is 6. The maximum absolute atomic E-state index is 5.65. The summed E-state index contributed by atoms with van der Waals surface area (Å²) in [6.07, 6.45) is 11.1. The number of ether oxygens (including phenoxy) is 1. The zero-order valence-corrected chi connectivity index (χ0v) is 19.9. The molecule has 0 unspecified atom stereocenters. The highest BCUT2D eigenvalue weighted by atomic mass is 32.1. The predicted molar refractivity (Wildman–Crippen MR) is 135 cm³/mol. The molecule has 0 spiro atoms. The predicted octanol–water partition coefficient (Wildman–Crippen LogP) is 5.05. The molecule has 0 amide bonds. The van der Waals surface area contributed by atoms with Crippen LogP contribution >= 0.6 is 12.2 Å². The highest BCUT2D eigenvalue weighted by Crippen LogP contribution is 2.39. The maximum atomic E-state index is 5.65. The average molecular weight is 454 g/mol.